The summed E-state index contributed by atoms with van der Waals surface area (Å²) in [5.41, 5.74) is 0.636. The van der Waals surface area contributed by atoms with Crippen LogP contribution < -0.4 is 0 Å². The molecule has 0 amide bonds. The van der Waals surface area contributed by atoms with Crippen molar-refractivity contribution in [3.05, 3.63) is 24.6 Å². The quantitative estimate of drug-likeness (QED) is 0.394. The maximum absolute atomic E-state index is 12.4. The maximum Gasteiger partial charge on any atom is 0.266 e. The van der Waals surface area contributed by atoms with Gasteiger partial charge >= 0.3 is 0 Å². The average molecular weight is 429 g/mol. The fraction of sp³-hybridized carbons (Fsp3) is 0.286. The third-order valence-electron chi connectivity index (χ3n) is 1.45. The van der Waals surface area contributed by atoms with Crippen LogP contribution in [0.25, 0.3) is 0 Å². The molecule has 72 valence electrons. The Bertz CT molecular complexity index is 320. The molecule has 6 heteroatoms. The van der Waals surface area contributed by atoms with Crippen LogP contribution in [0.1, 0.15) is 17.6 Å². The molecule has 0 unspecified atom stereocenters. The average Bonchev–Trinajstić information content (AvgIpc) is 2.04. The van der Waals surface area contributed by atoms with E-state index >= 15 is 0 Å². The molecule has 1 aromatic heterocycles. The van der Waals surface area contributed by atoms with Gasteiger partial charge in [-0.2, -0.15) is 0 Å². The van der Waals surface area contributed by atoms with Crippen LogP contribution in [0.5, 0.6) is 0 Å². The molecule has 1 rings (SSSR count). The van der Waals surface area contributed by atoms with E-state index in [0.717, 1.165) is 0 Å². The van der Waals surface area contributed by atoms with Crippen molar-refractivity contribution in [3.8, 4) is 0 Å². The molecule has 1 heterocycles. The molecule has 0 saturated carbocycles. The normalized spacial score (nSPS) is 10.9. The summed E-state index contributed by atoms with van der Waals surface area (Å²) in [5, 5.41) is 0. The lowest BCUT2D eigenvalue weighted by Crippen LogP contribution is -2.00. The minimum atomic E-state index is -2.49. The Balaban J connectivity index is 3.27. The summed E-state index contributed by atoms with van der Waals surface area (Å²) in [6.45, 7) is 0. The van der Waals surface area contributed by atoms with Gasteiger partial charge in [-0.3, -0.25) is 0 Å². The minimum absolute atomic E-state index is 0.0448. The first-order valence-electron chi connectivity index (χ1n) is 3.24. The minimum Gasteiger partial charge on any atom is -0.249 e. The molecule has 1 aromatic rings. The smallest absolute Gasteiger partial charge is 0.249 e. The van der Waals surface area contributed by atoms with E-state index in [-0.39, 0.29) is 11.4 Å². The molecule has 0 atom stereocenters. The van der Waals surface area contributed by atoms with Gasteiger partial charge in [0.1, 0.15) is 3.70 Å². The predicted molar refractivity (Wildman–Crippen MR) is 64.2 cm³/mol. The molecule has 0 aliphatic rings. The Morgan fingerprint density at radius 2 is 2.08 bits per heavy atom. The molecule has 13 heavy (non-hydrogen) atoms. The number of rotatable bonds is 2. The largest absolute Gasteiger partial charge is 0.266 e. The van der Waals surface area contributed by atoms with Gasteiger partial charge in [0.05, 0.1) is 5.88 Å². The molecule has 0 N–H and O–H groups in total. The Morgan fingerprint density at radius 3 is 2.54 bits per heavy atom. The molecule has 0 fully saturated rings. The number of alkyl halides is 3. The van der Waals surface area contributed by atoms with Crippen molar-refractivity contribution in [2.75, 3.05) is 0 Å². The van der Waals surface area contributed by atoms with Gasteiger partial charge in [-0.1, -0.05) is 0 Å². The van der Waals surface area contributed by atoms with E-state index in [2.05, 4.69) is 4.98 Å². The van der Waals surface area contributed by atoms with Gasteiger partial charge in [0.25, 0.3) is 6.43 Å². The van der Waals surface area contributed by atoms with Crippen molar-refractivity contribution in [2.24, 2.45) is 0 Å². The van der Waals surface area contributed by atoms with E-state index in [1.807, 2.05) is 45.2 Å². The van der Waals surface area contributed by atoms with Gasteiger partial charge in [-0.05, 0) is 45.2 Å². The number of hydrogen-bond acceptors (Lipinski definition) is 1. The van der Waals surface area contributed by atoms with E-state index in [1.54, 1.807) is 0 Å². The summed E-state index contributed by atoms with van der Waals surface area (Å²) < 4.78 is 26.0. The van der Waals surface area contributed by atoms with E-state index in [1.165, 1.54) is 6.20 Å². The Labute approximate surface area is 107 Å². The van der Waals surface area contributed by atoms with Crippen LogP contribution in [-0.4, -0.2) is 4.98 Å². The van der Waals surface area contributed by atoms with Crippen LogP contribution in [-0.2, 0) is 5.88 Å². The molecule has 0 bridgehead atoms. The molecule has 0 aromatic carbocycles. The van der Waals surface area contributed by atoms with Gasteiger partial charge in [0, 0.05) is 20.9 Å². The standard InChI is InChI=1S/C7H4ClF2I2N/c8-1-3-5(11)4(6(9)10)2-13-7(3)12/h2,6H,1H2. The van der Waals surface area contributed by atoms with E-state index < -0.39 is 6.43 Å². The van der Waals surface area contributed by atoms with Crippen molar-refractivity contribution in [1.82, 2.24) is 4.98 Å². The van der Waals surface area contributed by atoms with Gasteiger partial charge < -0.3 is 0 Å². The van der Waals surface area contributed by atoms with Crippen LogP contribution in [0.2, 0.25) is 0 Å². The van der Waals surface area contributed by atoms with Gasteiger partial charge in [0.15, 0.2) is 0 Å². The van der Waals surface area contributed by atoms with Gasteiger partial charge in [-0.15, -0.1) is 11.6 Å². The summed E-state index contributed by atoms with van der Waals surface area (Å²) in [4.78, 5) is 3.85. The van der Waals surface area contributed by atoms with E-state index in [4.69, 9.17) is 11.6 Å². The molecular formula is C7H4ClF2I2N. The Kier molecular flexibility index (Phi) is 4.56. The number of pyridine rings is 1. The second-order valence-electron chi connectivity index (χ2n) is 2.23. The van der Waals surface area contributed by atoms with Crippen molar-refractivity contribution in [1.29, 1.82) is 0 Å². The molecule has 0 spiro atoms. The lowest BCUT2D eigenvalue weighted by molar-refractivity contribution is 0.150. The Hall–Kier alpha value is 0.760. The summed E-state index contributed by atoms with van der Waals surface area (Å²) in [6.07, 6.45) is -1.29. The molecule has 1 nitrogen and oxygen atoms in total. The number of aromatic nitrogens is 1. The van der Waals surface area contributed by atoms with Crippen molar-refractivity contribution >= 4 is 56.8 Å². The third-order valence-corrected chi connectivity index (χ3v) is 3.92. The monoisotopic (exact) mass is 429 g/mol. The van der Waals surface area contributed by atoms with Crippen molar-refractivity contribution in [3.63, 3.8) is 0 Å². The second kappa shape index (κ2) is 5.01. The van der Waals surface area contributed by atoms with Crippen LogP contribution in [0, 0.1) is 7.27 Å². The second-order valence-corrected chi connectivity index (χ2v) is 4.60. The highest BCUT2D eigenvalue weighted by Crippen LogP contribution is 2.29. The predicted octanol–water partition coefficient (Wildman–Crippen LogP) is 3.97. The van der Waals surface area contributed by atoms with Crippen LogP contribution >= 0.6 is 56.8 Å². The molecular weight excluding hydrogens is 425 g/mol. The fourth-order valence-electron chi connectivity index (χ4n) is 0.792. The summed E-state index contributed by atoms with van der Waals surface area (Å²) in [5.74, 6) is 0.212. The SMILES string of the molecule is FC(F)c1cnc(I)c(CCl)c1I. The van der Waals surface area contributed by atoms with Crippen LogP contribution in [0.4, 0.5) is 8.78 Å². The first-order chi connectivity index (χ1) is 6.07. The number of halogens is 5. The highest BCUT2D eigenvalue weighted by Gasteiger charge is 2.16. The first-order valence-corrected chi connectivity index (χ1v) is 5.94. The third kappa shape index (κ3) is 2.62. The molecule has 0 aliphatic heterocycles. The first kappa shape index (κ1) is 11.8. The summed E-state index contributed by atoms with van der Waals surface area (Å²) >= 11 is 9.47. The zero-order valence-corrected chi connectivity index (χ0v) is 11.3. The van der Waals surface area contributed by atoms with Crippen LogP contribution in [0.3, 0.4) is 0 Å². The molecule has 0 aliphatic carbocycles. The van der Waals surface area contributed by atoms with Crippen molar-refractivity contribution in [2.45, 2.75) is 12.3 Å². The van der Waals surface area contributed by atoms with Gasteiger partial charge in [0.2, 0.25) is 0 Å². The summed E-state index contributed by atoms with van der Waals surface area (Å²) in [7, 11) is 0. The number of nitrogens with zero attached hydrogens (tertiary/aromatic N) is 1. The lowest BCUT2D eigenvalue weighted by atomic mass is 10.2. The van der Waals surface area contributed by atoms with E-state index in [9.17, 15) is 8.78 Å². The zero-order valence-electron chi connectivity index (χ0n) is 6.20. The maximum atomic E-state index is 12.4. The topological polar surface area (TPSA) is 12.9 Å². The van der Waals surface area contributed by atoms with Crippen LogP contribution in [0.15, 0.2) is 6.20 Å². The Morgan fingerprint density at radius 1 is 1.46 bits per heavy atom. The molecule has 0 radical (unpaired) electrons. The van der Waals surface area contributed by atoms with E-state index in [0.29, 0.717) is 12.8 Å². The lowest BCUT2D eigenvalue weighted by Gasteiger charge is -2.07. The summed E-state index contributed by atoms with van der Waals surface area (Å²) in [6, 6.07) is 0. The highest BCUT2D eigenvalue weighted by molar-refractivity contribution is 14.1. The molecule has 0 saturated heterocycles. The zero-order chi connectivity index (χ0) is 10.0. The fourth-order valence-corrected chi connectivity index (χ4v) is 3.44. The number of hydrogen-bond donors (Lipinski definition) is 0. The highest BCUT2D eigenvalue weighted by atomic mass is 127. The van der Waals surface area contributed by atoms with Crippen molar-refractivity contribution < 1.29 is 8.78 Å². The van der Waals surface area contributed by atoms with Gasteiger partial charge in [-0.25, -0.2) is 13.8 Å².